The van der Waals surface area contributed by atoms with Gasteiger partial charge in [0.15, 0.2) is 0 Å². The molecular weight excluding hydrogens is 328 g/mol. The predicted molar refractivity (Wildman–Crippen MR) is 107 cm³/mol. The predicted octanol–water partition coefficient (Wildman–Crippen LogP) is 5.91. The molecule has 0 amide bonds. The highest BCUT2D eigenvalue weighted by Crippen LogP contribution is 2.07. The van der Waals surface area contributed by atoms with E-state index < -0.39 is 0 Å². The third-order valence-corrected chi connectivity index (χ3v) is 4.14. The molecule has 0 unspecified atom stereocenters. The molecule has 0 bridgehead atoms. The molecule has 26 heavy (non-hydrogen) atoms. The van der Waals surface area contributed by atoms with Gasteiger partial charge in [-0.25, -0.2) is 0 Å². The number of hydrogen-bond donors (Lipinski definition) is 0. The quantitative estimate of drug-likeness (QED) is 0.162. The molecule has 4 heteroatoms. The van der Waals surface area contributed by atoms with Crippen molar-refractivity contribution < 1.29 is 19.1 Å². The van der Waals surface area contributed by atoms with E-state index in [1.54, 1.807) is 0 Å². The Hall–Kier alpha value is -1.58. The van der Waals surface area contributed by atoms with E-state index in [1.807, 2.05) is 12.2 Å². The molecule has 0 aliphatic heterocycles. The van der Waals surface area contributed by atoms with Crippen LogP contribution in [0.5, 0.6) is 0 Å². The Labute approximate surface area is 160 Å². The van der Waals surface area contributed by atoms with Crippen molar-refractivity contribution in [3.63, 3.8) is 0 Å². The summed E-state index contributed by atoms with van der Waals surface area (Å²) in [5.41, 5.74) is 0. The molecule has 0 atom stereocenters. The number of unbranched alkanes of at least 4 members (excludes halogenated alkanes) is 9. The molecule has 0 aromatic heterocycles. The largest absolute Gasteiger partial charge is 0.466 e. The van der Waals surface area contributed by atoms with Crippen LogP contribution in [0, 0.1) is 0 Å². The van der Waals surface area contributed by atoms with Crippen LogP contribution in [0.1, 0.15) is 89.9 Å². The lowest BCUT2D eigenvalue weighted by atomic mass is 10.1. The summed E-state index contributed by atoms with van der Waals surface area (Å²) in [7, 11) is 0. The summed E-state index contributed by atoms with van der Waals surface area (Å²) in [5.74, 6) is -0.326. The lowest BCUT2D eigenvalue weighted by Gasteiger charge is -2.06. The Bertz CT molecular complexity index is 340. The number of hydrogen-bond acceptors (Lipinski definition) is 4. The van der Waals surface area contributed by atoms with Crippen molar-refractivity contribution >= 4 is 11.9 Å². The minimum atomic E-state index is -0.163. The number of rotatable bonds is 19. The van der Waals surface area contributed by atoms with Crippen LogP contribution in [0.2, 0.25) is 0 Å². The molecular formula is C22H38O4. The third kappa shape index (κ3) is 18.8. The third-order valence-electron chi connectivity index (χ3n) is 4.14. The average molecular weight is 367 g/mol. The second kappa shape index (κ2) is 19.7. The van der Waals surface area contributed by atoms with E-state index in [2.05, 4.69) is 13.2 Å². The van der Waals surface area contributed by atoms with Gasteiger partial charge in [0.05, 0.1) is 13.2 Å². The van der Waals surface area contributed by atoms with Crippen molar-refractivity contribution in [2.24, 2.45) is 0 Å². The van der Waals surface area contributed by atoms with E-state index in [1.165, 1.54) is 0 Å². The van der Waals surface area contributed by atoms with Gasteiger partial charge in [-0.15, -0.1) is 13.2 Å². The Morgan fingerprint density at radius 3 is 1.35 bits per heavy atom. The molecule has 0 saturated heterocycles. The first-order valence-corrected chi connectivity index (χ1v) is 10.2. The van der Waals surface area contributed by atoms with Crippen molar-refractivity contribution in [1.82, 2.24) is 0 Å². The minimum Gasteiger partial charge on any atom is -0.466 e. The highest BCUT2D eigenvalue weighted by molar-refractivity contribution is 5.70. The second-order valence-electron chi connectivity index (χ2n) is 6.63. The Balaban J connectivity index is 3.33. The fourth-order valence-corrected chi connectivity index (χ4v) is 2.54. The molecule has 0 radical (unpaired) electrons. The van der Waals surface area contributed by atoms with Gasteiger partial charge in [0.25, 0.3) is 0 Å². The maximum Gasteiger partial charge on any atom is 0.305 e. The van der Waals surface area contributed by atoms with Crippen LogP contribution in [0.3, 0.4) is 0 Å². The van der Waals surface area contributed by atoms with Crippen LogP contribution in [0.25, 0.3) is 0 Å². The normalized spacial score (nSPS) is 10.3. The SMILES string of the molecule is C=CCCCCCCOC(=O)CCCCC(=O)OCCCCCCC=C. The topological polar surface area (TPSA) is 52.6 Å². The van der Waals surface area contributed by atoms with E-state index >= 15 is 0 Å². The van der Waals surface area contributed by atoms with E-state index in [-0.39, 0.29) is 11.9 Å². The average Bonchev–Trinajstić information content (AvgIpc) is 2.64. The molecule has 0 aromatic rings. The van der Waals surface area contributed by atoms with Crippen molar-refractivity contribution in [2.75, 3.05) is 13.2 Å². The van der Waals surface area contributed by atoms with Gasteiger partial charge in [-0.05, 0) is 51.4 Å². The smallest absolute Gasteiger partial charge is 0.305 e. The van der Waals surface area contributed by atoms with E-state index in [9.17, 15) is 9.59 Å². The summed E-state index contributed by atoms with van der Waals surface area (Å²) in [6, 6.07) is 0. The summed E-state index contributed by atoms with van der Waals surface area (Å²) < 4.78 is 10.4. The molecule has 0 aliphatic rings. The first kappa shape index (κ1) is 24.4. The fraction of sp³-hybridized carbons (Fsp3) is 0.727. The number of allylic oxidation sites excluding steroid dienone is 2. The molecule has 0 aromatic carbocycles. The molecule has 0 spiro atoms. The summed E-state index contributed by atoms with van der Waals surface area (Å²) in [6.07, 6.45) is 16.7. The van der Waals surface area contributed by atoms with Gasteiger partial charge in [-0.3, -0.25) is 9.59 Å². The summed E-state index contributed by atoms with van der Waals surface area (Å²) in [6.45, 7) is 8.39. The molecule has 0 heterocycles. The van der Waals surface area contributed by atoms with E-state index in [4.69, 9.17) is 9.47 Å². The molecule has 0 aliphatic carbocycles. The number of carbonyl (C=O) groups excluding carboxylic acids is 2. The molecule has 0 rings (SSSR count). The molecule has 0 N–H and O–H groups in total. The summed E-state index contributed by atoms with van der Waals surface area (Å²) >= 11 is 0. The zero-order chi connectivity index (χ0) is 19.3. The monoisotopic (exact) mass is 366 g/mol. The van der Waals surface area contributed by atoms with Gasteiger partial charge < -0.3 is 9.47 Å². The van der Waals surface area contributed by atoms with Gasteiger partial charge in [0, 0.05) is 12.8 Å². The van der Waals surface area contributed by atoms with Crippen molar-refractivity contribution in [2.45, 2.75) is 89.9 Å². The highest BCUT2D eigenvalue weighted by atomic mass is 16.5. The zero-order valence-corrected chi connectivity index (χ0v) is 16.5. The lowest BCUT2D eigenvalue weighted by molar-refractivity contribution is -0.146. The second-order valence-corrected chi connectivity index (χ2v) is 6.63. The summed E-state index contributed by atoms with van der Waals surface area (Å²) in [5, 5.41) is 0. The van der Waals surface area contributed by atoms with Gasteiger partial charge in [0.2, 0.25) is 0 Å². The zero-order valence-electron chi connectivity index (χ0n) is 16.5. The number of esters is 2. The fourth-order valence-electron chi connectivity index (χ4n) is 2.54. The van der Waals surface area contributed by atoms with Crippen LogP contribution in [0.15, 0.2) is 25.3 Å². The van der Waals surface area contributed by atoms with Crippen molar-refractivity contribution in [1.29, 1.82) is 0 Å². The Morgan fingerprint density at radius 2 is 0.962 bits per heavy atom. The molecule has 150 valence electrons. The van der Waals surface area contributed by atoms with Crippen LogP contribution in [-0.2, 0) is 19.1 Å². The molecule has 0 fully saturated rings. The van der Waals surface area contributed by atoms with E-state index in [0.717, 1.165) is 64.2 Å². The van der Waals surface area contributed by atoms with Gasteiger partial charge >= 0.3 is 11.9 Å². The maximum atomic E-state index is 11.6. The molecule has 4 nitrogen and oxygen atoms in total. The number of carbonyl (C=O) groups is 2. The lowest BCUT2D eigenvalue weighted by Crippen LogP contribution is -2.08. The first-order valence-electron chi connectivity index (χ1n) is 10.2. The van der Waals surface area contributed by atoms with Crippen LogP contribution in [0.4, 0.5) is 0 Å². The Kier molecular flexibility index (Phi) is 18.5. The summed E-state index contributed by atoms with van der Waals surface area (Å²) in [4.78, 5) is 23.2. The first-order chi connectivity index (χ1) is 12.7. The van der Waals surface area contributed by atoms with E-state index in [0.29, 0.717) is 38.9 Å². The standard InChI is InChI=1S/C22H38O4/c1-3-5-7-9-11-15-19-25-21(23)17-13-14-18-22(24)26-20-16-12-10-8-6-4-2/h3-4H,1-2,5-20H2. The van der Waals surface area contributed by atoms with Crippen LogP contribution >= 0.6 is 0 Å². The maximum absolute atomic E-state index is 11.6. The van der Waals surface area contributed by atoms with Crippen molar-refractivity contribution in [3.8, 4) is 0 Å². The minimum absolute atomic E-state index is 0.163. The van der Waals surface area contributed by atoms with Crippen molar-refractivity contribution in [3.05, 3.63) is 25.3 Å². The van der Waals surface area contributed by atoms with Gasteiger partial charge in [-0.2, -0.15) is 0 Å². The van der Waals surface area contributed by atoms with Crippen LogP contribution < -0.4 is 0 Å². The highest BCUT2D eigenvalue weighted by Gasteiger charge is 2.06. The van der Waals surface area contributed by atoms with Gasteiger partial charge in [0.1, 0.15) is 0 Å². The molecule has 0 saturated carbocycles. The van der Waals surface area contributed by atoms with Gasteiger partial charge in [-0.1, -0.05) is 37.8 Å². The Morgan fingerprint density at radius 1 is 0.577 bits per heavy atom. The van der Waals surface area contributed by atoms with Crippen LogP contribution in [-0.4, -0.2) is 25.2 Å². The number of ether oxygens (including phenoxy) is 2.